The van der Waals surface area contributed by atoms with Gasteiger partial charge in [-0.15, -0.1) is 0 Å². The Labute approximate surface area is 116 Å². The molecule has 4 heteroatoms. The third-order valence-corrected chi connectivity index (χ3v) is 3.00. The SMILES string of the molecule is CCc1cc(N=C=O)ccc1-c1ccc(N=C=O)cc1. The maximum Gasteiger partial charge on any atom is 0.240 e. The van der Waals surface area contributed by atoms with Gasteiger partial charge < -0.3 is 0 Å². The second-order valence-corrected chi connectivity index (χ2v) is 4.15. The lowest BCUT2D eigenvalue weighted by Gasteiger charge is -2.09. The van der Waals surface area contributed by atoms with Gasteiger partial charge in [0.1, 0.15) is 0 Å². The molecule has 0 saturated heterocycles. The van der Waals surface area contributed by atoms with Gasteiger partial charge in [0.25, 0.3) is 0 Å². The monoisotopic (exact) mass is 264 g/mol. The van der Waals surface area contributed by atoms with E-state index in [4.69, 9.17) is 0 Å². The minimum Gasteiger partial charge on any atom is -0.211 e. The van der Waals surface area contributed by atoms with E-state index in [0.29, 0.717) is 11.4 Å². The maximum absolute atomic E-state index is 10.3. The van der Waals surface area contributed by atoms with E-state index in [9.17, 15) is 9.59 Å². The smallest absolute Gasteiger partial charge is 0.211 e. The third-order valence-electron chi connectivity index (χ3n) is 3.00. The van der Waals surface area contributed by atoms with Crippen molar-refractivity contribution in [3.63, 3.8) is 0 Å². The Hall–Kier alpha value is -2.80. The molecule has 20 heavy (non-hydrogen) atoms. The average Bonchev–Trinajstić information content (AvgIpc) is 2.49. The lowest BCUT2D eigenvalue weighted by molar-refractivity contribution is 0.564. The summed E-state index contributed by atoms with van der Waals surface area (Å²) in [4.78, 5) is 27.7. The summed E-state index contributed by atoms with van der Waals surface area (Å²) in [6.45, 7) is 2.04. The number of isocyanates is 2. The summed E-state index contributed by atoms with van der Waals surface area (Å²) in [6, 6.07) is 12.9. The molecule has 2 aromatic rings. The van der Waals surface area contributed by atoms with Crippen molar-refractivity contribution >= 4 is 23.5 Å². The largest absolute Gasteiger partial charge is 0.240 e. The Morgan fingerprint density at radius 3 is 2.10 bits per heavy atom. The summed E-state index contributed by atoms with van der Waals surface area (Å²) >= 11 is 0. The number of hydrogen-bond acceptors (Lipinski definition) is 4. The lowest BCUT2D eigenvalue weighted by Crippen LogP contribution is -1.87. The first-order valence-corrected chi connectivity index (χ1v) is 6.17. The molecule has 0 spiro atoms. The molecule has 0 aliphatic rings. The fourth-order valence-corrected chi connectivity index (χ4v) is 2.04. The first-order chi connectivity index (χ1) is 9.78. The second-order valence-electron chi connectivity index (χ2n) is 4.15. The fourth-order valence-electron chi connectivity index (χ4n) is 2.04. The van der Waals surface area contributed by atoms with Gasteiger partial charge in [-0.3, -0.25) is 0 Å². The van der Waals surface area contributed by atoms with Gasteiger partial charge in [-0.2, -0.15) is 9.98 Å². The van der Waals surface area contributed by atoms with E-state index in [1.54, 1.807) is 24.3 Å². The first kappa shape index (κ1) is 13.6. The highest BCUT2D eigenvalue weighted by Gasteiger charge is 2.05. The molecule has 0 aromatic heterocycles. The van der Waals surface area contributed by atoms with Crippen LogP contribution < -0.4 is 0 Å². The molecule has 0 heterocycles. The standard InChI is InChI=1S/C16H12N2O2/c1-2-12-9-15(18-11-20)7-8-16(12)13-3-5-14(6-4-13)17-10-19/h3-9H,2H2,1H3. The number of hydrogen-bond donors (Lipinski definition) is 0. The van der Waals surface area contributed by atoms with Crippen LogP contribution in [0.4, 0.5) is 11.4 Å². The van der Waals surface area contributed by atoms with E-state index in [0.717, 1.165) is 23.1 Å². The quantitative estimate of drug-likeness (QED) is 0.622. The van der Waals surface area contributed by atoms with Crippen LogP contribution in [0.15, 0.2) is 52.4 Å². The van der Waals surface area contributed by atoms with Crippen LogP contribution in [-0.2, 0) is 16.0 Å². The number of aryl methyl sites for hydroxylation is 1. The molecular weight excluding hydrogens is 252 g/mol. The molecule has 0 atom stereocenters. The van der Waals surface area contributed by atoms with E-state index in [1.165, 1.54) is 6.08 Å². The molecule has 2 rings (SSSR count). The van der Waals surface area contributed by atoms with Crippen LogP contribution in [0.2, 0.25) is 0 Å². The van der Waals surface area contributed by atoms with Crippen molar-refractivity contribution in [3.8, 4) is 11.1 Å². The van der Waals surface area contributed by atoms with Crippen molar-refractivity contribution < 1.29 is 9.59 Å². The summed E-state index contributed by atoms with van der Waals surface area (Å²) in [6.07, 6.45) is 3.88. The molecule has 0 saturated carbocycles. The van der Waals surface area contributed by atoms with Gasteiger partial charge in [0.2, 0.25) is 12.2 Å². The zero-order valence-corrected chi connectivity index (χ0v) is 11.0. The molecule has 0 aliphatic heterocycles. The fraction of sp³-hybridized carbons (Fsp3) is 0.125. The average molecular weight is 264 g/mol. The van der Waals surface area contributed by atoms with Crippen molar-refractivity contribution in [3.05, 3.63) is 48.0 Å². The summed E-state index contributed by atoms with van der Waals surface area (Å²) in [5.74, 6) is 0. The Morgan fingerprint density at radius 1 is 0.900 bits per heavy atom. The van der Waals surface area contributed by atoms with Gasteiger partial charge in [0, 0.05) is 0 Å². The van der Waals surface area contributed by atoms with Crippen LogP contribution in [0.1, 0.15) is 12.5 Å². The van der Waals surface area contributed by atoms with Crippen molar-refractivity contribution in [2.75, 3.05) is 0 Å². The molecule has 98 valence electrons. The highest BCUT2D eigenvalue weighted by Crippen LogP contribution is 2.29. The van der Waals surface area contributed by atoms with E-state index in [-0.39, 0.29) is 0 Å². The number of rotatable bonds is 4. The second kappa shape index (κ2) is 6.39. The zero-order chi connectivity index (χ0) is 14.4. The van der Waals surface area contributed by atoms with Gasteiger partial charge in [-0.05, 0) is 47.4 Å². The van der Waals surface area contributed by atoms with Crippen molar-refractivity contribution in [1.82, 2.24) is 0 Å². The molecule has 4 nitrogen and oxygen atoms in total. The normalized spacial score (nSPS) is 9.45. The highest BCUT2D eigenvalue weighted by atomic mass is 16.1. The molecule has 0 fully saturated rings. The minimum atomic E-state index is 0.573. The summed E-state index contributed by atoms with van der Waals surface area (Å²) in [5.41, 5.74) is 4.35. The zero-order valence-electron chi connectivity index (χ0n) is 11.0. The lowest BCUT2D eigenvalue weighted by atomic mass is 9.97. The van der Waals surface area contributed by atoms with Crippen molar-refractivity contribution in [2.45, 2.75) is 13.3 Å². The third kappa shape index (κ3) is 2.96. The Kier molecular flexibility index (Phi) is 4.35. The Morgan fingerprint density at radius 2 is 1.50 bits per heavy atom. The number of carbonyl (C=O) groups excluding carboxylic acids is 2. The molecule has 0 aliphatic carbocycles. The minimum absolute atomic E-state index is 0.573. The predicted molar refractivity (Wildman–Crippen MR) is 76.8 cm³/mol. The Bertz CT molecular complexity index is 708. The predicted octanol–water partition coefficient (Wildman–Crippen LogP) is 3.85. The number of aliphatic imine (C=N–C) groups is 2. The van der Waals surface area contributed by atoms with Gasteiger partial charge in [-0.1, -0.05) is 25.1 Å². The Balaban J connectivity index is 2.45. The van der Waals surface area contributed by atoms with Crippen LogP contribution in [0.25, 0.3) is 11.1 Å². The molecule has 0 bridgehead atoms. The molecule has 2 aromatic carbocycles. The van der Waals surface area contributed by atoms with Gasteiger partial charge in [0.05, 0.1) is 11.4 Å². The number of nitrogens with zero attached hydrogens (tertiary/aromatic N) is 2. The molecule has 0 N–H and O–H groups in total. The van der Waals surface area contributed by atoms with Crippen LogP contribution >= 0.6 is 0 Å². The van der Waals surface area contributed by atoms with E-state index in [2.05, 4.69) is 9.98 Å². The summed E-state index contributed by atoms with van der Waals surface area (Å²) in [7, 11) is 0. The van der Waals surface area contributed by atoms with Crippen molar-refractivity contribution in [2.24, 2.45) is 9.98 Å². The summed E-state index contributed by atoms with van der Waals surface area (Å²) < 4.78 is 0. The van der Waals surface area contributed by atoms with E-state index in [1.807, 2.05) is 31.2 Å². The van der Waals surface area contributed by atoms with Gasteiger partial charge >= 0.3 is 0 Å². The highest BCUT2D eigenvalue weighted by molar-refractivity contribution is 5.71. The first-order valence-electron chi connectivity index (χ1n) is 6.17. The van der Waals surface area contributed by atoms with E-state index < -0.39 is 0 Å². The van der Waals surface area contributed by atoms with E-state index >= 15 is 0 Å². The number of benzene rings is 2. The van der Waals surface area contributed by atoms with Crippen LogP contribution in [0.5, 0.6) is 0 Å². The molecule has 0 radical (unpaired) electrons. The van der Waals surface area contributed by atoms with Gasteiger partial charge in [0.15, 0.2) is 0 Å². The molecule has 0 unspecified atom stereocenters. The van der Waals surface area contributed by atoms with Crippen LogP contribution in [-0.4, -0.2) is 12.2 Å². The summed E-state index contributed by atoms with van der Waals surface area (Å²) in [5, 5.41) is 0. The molecular formula is C16H12N2O2. The topological polar surface area (TPSA) is 58.9 Å². The maximum atomic E-state index is 10.3. The van der Waals surface area contributed by atoms with Crippen LogP contribution in [0.3, 0.4) is 0 Å². The van der Waals surface area contributed by atoms with Gasteiger partial charge in [-0.25, -0.2) is 9.59 Å². The van der Waals surface area contributed by atoms with Crippen LogP contribution in [0, 0.1) is 0 Å². The molecule has 0 amide bonds. The van der Waals surface area contributed by atoms with Crippen molar-refractivity contribution in [1.29, 1.82) is 0 Å².